The highest BCUT2D eigenvalue weighted by molar-refractivity contribution is 6.03. The number of rotatable bonds is 4. The van der Waals surface area contributed by atoms with Crippen molar-refractivity contribution in [2.75, 3.05) is 0 Å². The Morgan fingerprint density at radius 1 is 1.16 bits per heavy atom. The van der Waals surface area contributed by atoms with Crippen LogP contribution in [0.4, 0.5) is 0 Å². The summed E-state index contributed by atoms with van der Waals surface area (Å²) in [5, 5.41) is 20.6. The van der Waals surface area contributed by atoms with Crippen LogP contribution >= 0.6 is 0 Å². The fourth-order valence-corrected chi connectivity index (χ4v) is 5.71. The smallest absolute Gasteiger partial charge is 0.262 e. The molecule has 32 heavy (non-hydrogen) atoms. The lowest BCUT2D eigenvalue weighted by Gasteiger charge is -2.45. The van der Waals surface area contributed by atoms with Crippen LogP contribution in [0, 0.1) is 29.6 Å². The van der Waals surface area contributed by atoms with Crippen molar-refractivity contribution in [1.29, 1.82) is 0 Å². The minimum atomic E-state index is -0.584. The van der Waals surface area contributed by atoms with Crippen molar-refractivity contribution in [3.8, 4) is 22.6 Å². The minimum Gasteiger partial charge on any atom is -0.508 e. The van der Waals surface area contributed by atoms with Crippen LogP contribution in [0.15, 0.2) is 59.1 Å². The number of nitrogens with one attached hydrogen (secondary N) is 1. The Bertz CT molecular complexity index is 1130. The number of fused-ring (bicyclic) bond motifs is 1. The zero-order chi connectivity index (χ0) is 23.0. The number of carbonyl (C=O) groups is 1. The molecule has 4 rings (SSSR count). The zero-order valence-corrected chi connectivity index (χ0v) is 18.8. The van der Waals surface area contributed by atoms with E-state index in [2.05, 4.69) is 24.9 Å². The third-order valence-corrected chi connectivity index (χ3v) is 7.31. The number of carbonyl (C=O) groups excluding carboxylic acids is 1. The van der Waals surface area contributed by atoms with Gasteiger partial charge < -0.3 is 15.2 Å². The lowest BCUT2D eigenvalue weighted by molar-refractivity contribution is 0.0803. The van der Waals surface area contributed by atoms with E-state index < -0.39 is 11.5 Å². The summed E-state index contributed by atoms with van der Waals surface area (Å²) in [4.78, 5) is 29.1. The van der Waals surface area contributed by atoms with Gasteiger partial charge in [-0.2, -0.15) is 0 Å². The van der Waals surface area contributed by atoms with Gasteiger partial charge in [0.15, 0.2) is 5.78 Å². The molecule has 1 aromatic heterocycles. The van der Waals surface area contributed by atoms with E-state index in [1.54, 1.807) is 12.1 Å². The fourth-order valence-electron chi connectivity index (χ4n) is 5.71. The lowest BCUT2D eigenvalue weighted by atomic mass is 9.59. The minimum absolute atomic E-state index is 0.0000727. The maximum Gasteiger partial charge on any atom is 0.262 e. The topological polar surface area (TPSA) is 90.4 Å². The molecule has 0 saturated heterocycles. The Hall–Kier alpha value is -3.08. The zero-order valence-electron chi connectivity index (χ0n) is 18.8. The molecule has 168 valence electrons. The van der Waals surface area contributed by atoms with Crippen molar-refractivity contribution in [2.24, 2.45) is 29.6 Å². The van der Waals surface area contributed by atoms with E-state index in [1.807, 2.05) is 19.1 Å². The van der Waals surface area contributed by atoms with Crippen molar-refractivity contribution >= 4 is 5.78 Å². The first-order valence-electron chi connectivity index (χ1n) is 11.4. The molecular formula is C27H31NO4. The number of Topliss-reactive ketones (excluding diaryl/α,β-unsaturated/α-hetero) is 1. The summed E-state index contributed by atoms with van der Waals surface area (Å²) in [6.07, 6.45) is 10.9. The molecule has 1 unspecified atom stereocenters. The number of allylic oxidation sites excluding steroid dienone is 4. The number of ketones is 1. The van der Waals surface area contributed by atoms with Gasteiger partial charge in [-0.05, 0) is 68.1 Å². The van der Waals surface area contributed by atoms with Gasteiger partial charge >= 0.3 is 0 Å². The van der Waals surface area contributed by atoms with E-state index in [1.165, 1.54) is 30.3 Å². The maximum absolute atomic E-state index is 13.8. The van der Waals surface area contributed by atoms with Gasteiger partial charge in [0, 0.05) is 17.7 Å². The molecule has 0 bridgehead atoms. The largest absolute Gasteiger partial charge is 0.508 e. The summed E-state index contributed by atoms with van der Waals surface area (Å²) in [6.45, 7) is 6.32. The van der Waals surface area contributed by atoms with Crippen LogP contribution in [0.25, 0.3) is 11.1 Å². The predicted molar refractivity (Wildman–Crippen MR) is 126 cm³/mol. The number of aromatic nitrogens is 1. The van der Waals surface area contributed by atoms with Gasteiger partial charge in [-0.1, -0.05) is 49.3 Å². The summed E-state index contributed by atoms with van der Waals surface area (Å²) >= 11 is 0. The molecule has 0 aliphatic heterocycles. The Morgan fingerprint density at radius 3 is 2.56 bits per heavy atom. The summed E-state index contributed by atoms with van der Waals surface area (Å²) in [7, 11) is 0. The summed E-state index contributed by atoms with van der Waals surface area (Å²) in [6, 6.07) is 6.28. The second-order valence-electron chi connectivity index (χ2n) is 9.39. The molecule has 1 heterocycles. The van der Waals surface area contributed by atoms with E-state index in [-0.39, 0.29) is 28.8 Å². The number of pyridine rings is 1. The molecule has 3 N–H and O–H groups in total. The average Bonchev–Trinajstić information content (AvgIpc) is 2.76. The monoisotopic (exact) mass is 433 g/mol. The highest BCUT2D eigenvalue weighted by Gasteiger charge is 2.43. The van der Waals surface area contributed by atoms with Crippen LogP contribution in [0.5, 0.6) is 11.5 Å². The molecule has 1 fully saturated rings. The molecule has 2 aliphatic rings. The number of aromatic amines is 1. The Balaban J connectivity index is 1.79. The molecule has 5 atom stereocenters. The van der Waals surface area contributed by atoms with Crippen LogP contribution in [-0.2, 0) is 0 Å². The third-order valence-electron chi connectivity index (χ3n) is 7.31. The molecule has 0 radical (unpaired) electrons. The first-order chi connectivity index (χ1) is 15.3. The number of phenolic OH excluding ortho intramolecular Hbond substituents is 1. The standard InChI is InChI=1S/C27H31NO4/c1-4-5-20-21-12-15(2)6-11-19(21)16(3)13-22(20)25(30)24-26(31)23(14-28-27(24)32)17-7-9-18(29)10-8-17/h4-5,7-10,13-15,19-22,29H,6,11-12H2,1-3H3,(H2,28,31,32)/t15?,19-,20-,21+,22-/m1/s1. The summed E-state index contributed by atoms with van der Waals surface area (Å²) in [5.41, 5.74) is 1.40. The third kappa shape index (κ3) is 3.92. The predicted octanol–water partition coefficient (Wildman–Crippen LogP) is 5.46. The van der Waals surface area contributed by atoms with E-state index in [9.17, 15) is 19.8 Å². The molecule has 2 aromatic rings. The Kier molecular flexibility index (Phi) is 6.09. The first kappa shape index (κ1) is 22.1. The van der Waals surface area contributed by atoms with E-state index in [0.29, 0.717) is 28.9 Å². The molecule has 0 amide bonds. The van der Waals surface area contributed by atoms with Crippen molar-refractivity contribution in [3.05, 3.63) is 70.2 Å². The van der Waals surface area contributed by atoms with Crippen LogP contribution < -0.4 is 5.56 Å². The molecular weight excluding hydrogens is 402 g/mol. The van der Waals surface area contributed by atoms with Gasteiger partial charge in [0.2, 0.25) is 0 Å². The van der Waals surface area contributed by atoms with Gasteiger partial charge in [0.05, 0.1) is 0 Å². The summed E-state index contributed by atoms with van der Waals surface area (Å²) in [5.74, 6) is 0.391. The van der Waals surface area contributed by atoms with Crippen LogP contribution in [0.2, 0.25) is 0 Å². The average molecular weight is 434 g/mol. The van der Waals surface area contributed by atoms with Crippen molar-refractivity contribution in [1.82, 2.24) is 4.98 Å². The van der Waals surface area contributed by atoms with Crippen molar-refractivity contribution in [3.63, 3.8) is 0 Å². The lowest BCUT2D eigenvalue weighted by Crippen LogP contribution is -2.40. The molecule has 5 nitrogen and oxygen atoms in total. The van der Waals surface area contributed by atoms with E-state index >= 15 is 0 Å². The number of H-pyrrole nitrogens is 1. The molecule has 2 aliphatic carbocycles. The molecule has 1 aromatic carbocycles. The Morgan fingerprint density at radius 2 is 1.88 bits per heavy atom. The second kappa shape index (κ2) is 8.81. The fraction of sp³-hybridized carbons (Fsp3) is 0.407. The van der Waals surface area contributed by atoms with Crippen LogP contribution in [-0.4, -0.2) is 21.0 Å². The first-order valence-corrected chi connectivity index (χ1v) is 11.4. The number of benzene rings is 1. The van der Waals surface area contributed by atoms with Gasteiger partial charge in [-0.3, -0.25) is 9.59 Å². The maximum atomic E-state index is 13.8. The highest BCUT2D eigenvalue weighted by atomic mass is 16.3. The van der Waals surface area contributed by atoms with Crippen molar-refractivity contribution in [2.45, 2.75) is 40.0 Å². The van der Waals surface area contributed by atoms with E-state index in [4.69, 9.17) is 0 Å². The molecule has 5 heteroatoms. The number of hydrogen-bond donors (Lipinski definition) is 3. The van der Waals surface area contributed by atoms with Gasteiger partial charge in [0.1, 0.15) is 17.1 Å². The Labute approximate surface area is 188 Å². The highest BCUT2D eigenvalue weighted by Crippen LogP contribution is 2.49. The second-order valence-corrected chi connectivity index (χ2v) is 9.39. The number of phenols is 1. The van der Waals surface area contributed by atoms with Crippen molar-refractivity contribution < 1.29 is 15.0 Å². The summed E-state index contributed by atoms with van der Waals surface area (Å²) < 4.78 is 0. The SMILES string of the molecule is CC=C[C@@H]1[C@H]2CC(C)CC[C@@H]2C(C)=C[C@H]1C(=O)c1c(O)c(-c2ccc(O)cc2)c[nH]c1=O. The number of hydrogen-bond acceptors (Lipinski definition) is 4. The number of aromatic hydroxyl groups is 2. The van der Waals surface area contributed by atoms with E-state index in [0.717, 1.165) is 12.8 Å². The normalized spacial score (nSPS) is 27.7. The van der Waals surface area contributed by atoms with Gasteiger partial charge in [0.25, 0.3) is 5.56 Å². The quantitative estimate of drug-likeness (QED) is 0.441. The molecule has 1 saturated carbocycles. The van der Waals surface area contributed by atoms with Gasteiger partial charge in [-0.15, -0.1) is 0 Å². The van der Waals surface area contributed by atoms with Crippen LogP contribution in [0.1, 0.15) is 50.4 Å². The van der Waals surface area contributed by atoms with Crippen LogP contribution in [0.3, 0.4) is 0 Å². The molecule has 0 spiro atoms. The van der Waals surface area contributed by atoms with Gasteiger partial charge in [-0.25, -0.2) is 0 Å².